The Labute approximate surface area is 148 Å². The van der Waals surface area contributed by atoms with E-state index in [0.29, 0.717) is 16.0 Å². The van der Waals surface area contributed by atoms with Crippen LogP contribution in [0.1, 0.15) is 11.1 Å². The van der Waals surface area contributed by atoms with E-state index in [2.05, 4.69) is 0 Å². The van der Waals surface area contributed by atoms with Crippen LogP contribution >= 0.6 is 11.6 Å². The molecule has 0 N–H and O–H groups in total. The molecular formula is C17H10ClNO5S. The molecule has 1 heterocycles. The summed E-state index contributed by atoms with van der Waals surface area (Å²) in [6, 6.07) is 11.5. The minimum atomic E-state index is -4.06. The topological polar surface area (TPSA) is 97.4 Å². The Balaban J connectivity index is 2.04. The Hall–Kier alpha value is -2.82. The van der Waals surface area contributed by atoms with Crippen molar-refractivity contribution in [1.82, 2.24) is 0 Å². The number of hydrogen-bond acceptors (Lipinski definition) is 6. The molecule has 0 spiro atoms. The van der Waals surface area contributed by atoms with Gasteiger partial charge in [-0.25, -0.2) is 4.79 Å². The van der Waals surface area contributed by atoms with Crippen LogP contribution in [-0.4, -0.2) is 8.42 Å². The van der Waals surface area contributed by atoms with E-state index in [4.69, 9.17) is 25.5 Å². The molecule has 0 saturated carbocycles. The maximum Gasteiger partial charge on any atom is 0.354 e. The van der Waals surface area contributed by atoms with Crippen LogP contribution in [0.5, 0.6) is 5.75 Å². The molecule has 0 unspecified atom stereocenters. The van der Waals surface area contributed by atoms with Gasteiger partial charge < -0.3 is 8.60 Å². The fourth-order valence-electron chi connectivity index (χ4n) is 2.29. The molecular weight excluding hydrogens is 366 g/mol. The molecule has 1 aromatic heterocycles. The van der Waals surface area contributed by atoms with E-state index in [-0.39, 0.29) is 21.8 Å². The van der Waals surface area contributed by atoms with E-state index in [1.54, 1.807) is 13.0 Å². The highest BCUT2D eigenvalue weighted by atomic mass is 35.5. The first-order valence-electron chi connectivity index (χ1n) is 6.99. The highest BCUT2D eigenvalue weighted by Crippen LogP contribution is 2.26. The summed E-state index contributed by atoms with van der Waals surface area (Å²) in [5.41, 5.74) is -0.286. The van der Waals surface area contributed by atoms with Gasteiger partial charge in [0.05, 0.1) is 0 Å². The second-order valence-corrected chi connectivity index (χ2v) is 7.13. The average Bonchev–Trinajstić information content (AvgIpc) is 2.55. The number of aryl methyl sites for hydroxylation is 1. The van der Waals surface area contributed by atoms with Gasteiger partial charge in [0.2, 0.25) is 0 Å². The fraction of sp³-hybridized carbons (Fsp3) is 0.0588. The molecule has 3 rings (SSSR count). The molecule has 2 aromatic carbocycles. The molecule has 0 aliphatic rings. The normalized spacial score (nSPS) is 11.2. The third-order valence-corrected chi connectivity index (χ3v) is 5.07. The molecule has 126 valence electrons. The van der Waals surface area contributed by atoms with Crippen molar-refractivity contribution in [3.8, 4) is 11.8 Å². The highest BCUT2D eigenvalue weighted by molar-refractivity contribution is 7.87. The largest absolute Gasteiger partial charge is 0.422 e. The summed E-state index contributed by atoms with van der Waals surface area (Å²) in [5, 5.41) is 9.91. The zero-order valence-electron chi connectivity index (χ0n) is 12.8. The van der Waals surface area contributed by atoms with Gasteiger partial charge in [0.1, 0.15) is 27.9 Å². The van der Waals surface area contributed by atoms with Gasteiger partial charge >= 0.3 is 15.7 Å². The van der Waals surface area contributed by atoms with Gasteiger partial charge in [-0.2, -0.15) is 13.7 Å². The van der Waals surface area contributed by atoms with E-state index < -0.39 is 15.7 Å². The number of nitriles is 1. The van der Waals surface area contributed by atoms with Crippen molar-refractivity contribution in [2.24, 2.45) is 0 Å². The van der Waals surface area contributed by atoms with E-state index in [0.717, 1.165) is 0 Å². The van der Waals surface area contributed by atoms with Crippen molar-refractivity contribution in [1.29, 1.82) is 5.26 Å². The first-order valence-corrected chi connectivity index (χ1v) is 8.78. The van der Waals surface area contributed by atoms with Gasteiger partial charge in [0.15, 0.2) is 0 Å². The summed E-state index contributed by atoms with van der Waals surface area (Å²) >= 11 is 5.74. The third kappa shape index (κ3) is 3.22. The van der Waals surface area contributed by atoms with Crippen molar-refractivity contribution in [3.63, 3.8) is 0 Å². The Morgan fingerprint density at radius 3 is 2.48 bits per heavy atom. The molecule has 0 saturated heterocycles. The van der Waals surface area contributed by atoms with Gasteiger partial charge in [-0.1, -0.05) is 11.6 Å². The van der Waals surface area contributed by atoms with Crippen LogP contribution in [0.15, 0.2) is 56.6 Å². The number of fused-ring (bicyclic) bond motifs is 1. The fourth-order valence-corrected chi connectivity index (χ4v) is 3.34. The quantitative estimate of drug-likeness (QED) is 0.514. The van der Waals surface area contributed by atoms with Gasteiger partial charge in [0.25, 0.3) is 0 Å². The predicted octanol–water partition coefficient (Wildman–Crippen LogP) is 3.39. The molecule has 0 bridgehead atoms. The van der Waals surface area contributed by atoms with Crippen LogP contribution in [-0.2, 0) is 10.1 Å². The SMILES string of the molecule is Cc1c(C#N)c(=O)oc2cc(OS(=O)(=O)c3ccc(Cl)cc3)ccc12. The van der Waals surface area contributed by atoms with E-state index in [1.807, 2.05) is 0 Å². The first kappa shape index (κ1) is 17.0. The number of rotatable bonds is 3. The molecule has 3 aromatic rings. The molecule has 8 heteroatoms. The summed E-state index contributed by atoms with van der Waals surface area (Å²) < 4.78 is 34.7. The van der Waals surface area contributed by atoms with Crippen LogP contribution in [0.4, 0.5) is 0 Å². The lowest BCUT2D eigenvalue weighted by Crippen LogP contribution is -2.10. The third-order valence-electron chi connectivity index (χ3n) is 3.56. The molecule has 6 nitrogen and oxygen atoms in total. The second-order valence-electron chi connectivity index (χ2n) is 5.15. The number of nitrogens with zero attached hydrogens (tertiary/aromatic N) is 1. The average molecular weight is 376 g/mol. The van der Waals surface area contributed by atoms with E-state index in [1.165, 1.54) is 42.5 Å². The van der Waals surface area contributed by atoms with Crippen molar-refractivity contribution in [2.45, 2.75) is 11.8 Å². The zero-order chi connectivity index (χ0) is 18.2. The summed E-state index contributed by atoms with van der Waals surface area (Å²) in [6.45, 7) is 1.61. The molecule has 0 fully saturated rings. The minimum absolute atomic E-state index is 0.0188. The van der Waals surface area contributed by atoms with Crippen molar-refractivity contribution >= 4 is 32.7 Å². The Morgan fingerprint density at radius 2 is 1.84 bits per heavy atom. The summed E-state index contributed by atoms with van der Waals surface area (Å²) in [4.78, 5) is 11.7. The van der Waals surface area contributed by atoms with Gasteiger partial charge in [0, 0.05) is 16.5 Å². The molecule has 0 atom stereocenters. The first-order chi connectivity index (χ1) is 11.8. The van der Waals surface area contributed by atoms with Crippen molar-refractivity contribution < 1.29 is 17.0 Å². The number of hydrogen-bond donors (Lipinski definition) is 0. The van der Waals surface area contributed by atoms with Gasteiger partial charge in [-0.15, -0.1) is 0 Å². The van der Waals surface area contributed by atoms with Crippen LogP contribution in [0.3, 0.4) is 0 Å². The number of halogens is 1. The zero-order valence-corrected chi connectivity index (χ0v) is 14.4. The smallest absolute Gasteiger partial charge is 0.354 e. The monoisotopic (exact) mass is 375 g/mol. The van der Waals surface area contributed by atoms with Crippen molar-refractivity contribution in [2.75, 3.05) is 0 Å². The molecule has 0 amide bonds. The molecule has 0 aliphatic heterocycles. The van der Waals surface area contributed by atoms with Gasteiger partial charge in [-0.05, 0) is 48.9 Å². The number of benzene rings is 2. The Bertz CT molecular complexity index is 1170. The second kappa shape index (κ2) is 6.24. The van der Waals surface area contributed by atoms with Crippen LogP contribution in [0.25, 0.3) is 11.0 Å². The lowest BCUT2D eigenvalue weighted by molar-refractivity contribution is 0.485. The Kier molecular flexibility index (Phi) is 4.25. The molecule has 0 aliphatic carbocycles. The molecule has 25 heavy (non-hydrogen) atoms. The van der Waals surface area contributed by atoms with Crippen molar-refractivity contribution in [3.05, 3.63) is 69.0 Å². The van der Waals surface area contributed by atoms with E-state index >= 15 is 0 Å². The maximum absolute atomic E-state index is 12.3. The lowest BCUT2D eigenvalue weighted by Gasteiger charge is -2.08. The van der Waals surface area contributed by atoms with Crippen LogP contribution in [0, 0.1) is 18.3 Å². The van der Waals surface area contributed by atoms with Crippen LogP contribution < -0.4 is 9.81 Å². The Morgan fingerprint density at radius 1 is 1.16 bits per heavy atom. The summed E-state index contributed by atoms with van der Waals surface area (Å²) in [7, 11) is -4.06. The standard InChI is InChI=1S/C17H10ClNO5S/c1-10-14-7-4-12(8-16(14)23-17(20)15(10)9-19)24-25(21,22)13-5-2-11(18)3-6-13/h2-8H,1H3. The highest BCUT2D eigenvalue weighted by Gasteiger charge is 2.18. The summed E-state index contributed by atoms with van der Waals surface area (Å²) in [6.07, 6.45) is 0. The minimum Gasteiger partial charge on any atom is -0.422 e. The lowest BCUT2D eigenvalue weighted by atomic mass is 10.1. The molecule has 0 radical (unpaired) electrons. The predicted molar refractivity (Wildman–Crippen MR) is 91.2 cm³/mol. The van der Waals surface area contributed by atoms with E-state index in [9.17, 15) is 13.2 Å². The maximum atomic E-state index is 12.3. The van der Waals surface area contributed by atoms with Crippen LogP contribution in [0.2, 0.25) is 5.02 Å². The summed E-state index contributed by atoms with van der Waals surface area (Å²) in [5.74, 6) is -0.0188. The van der Waals surface area contributed by atoms with Gasteiger partial charge in [-0.3, -0.25) is 0 Å².